The fraction of sp³-hybridized carbons (Fsp3) is 0.614. The van der Waals surface area contributed by atoms with Crippen LogP contribution in [0.1, 0.15) is 92.6 Å². The Labute approximate surface area is 395 Å². The van der Waals surface area contributed by atoms with Crippen LogP contribution in [0.5, 0.6) is 0 Å². The summed E-state index contributed by atoms with van der Waals surface area (Å²) in [5.74, 6) is -11.8. The van der Waals surface area contributed by atoms with Gasteiger partial charge in [-0.3, -0.25) is 47.9 Å². The van der Waals surface area contributed by atoms with E-state index in [9.17, 15) is 68.1 Å². The number of benzene rings is 1. The van der Waals surface area contributed by atoms with E-state index in [0.717, 1.165) is 0 Å². The van der Waals surface area contributed by atoms with Gasteiger partial charge in [-0.05, 0) is 49.5 Å². The smallest absolute Gasteiger partial charge is 0.326 e. The molecule has 1 aromatic carbocycles. The number of aliphatic hydroxyl groups is 1. The Bertz CT molecular complexity index is 1920. The van der Waals surface area contributed by atoms with E-state index in [-0.39, 0.29) is 24.7 Å². The fourth-order valence-corrected chi connectivity index (χ4v) is 6.49. The number of carbonyl (C=O) groups is 11. The summed E-state index contributed by atoms with van der Waals surface area (Å²) in [7, 11) is 0. The molecule has 0 unspecified atom stereocenters. The molecule has 0 aliphatic rings. The Kier molecular flexibility index (Phi) is 26.0. The van der Waals surface area contributed by atoms with Gasteiger partial charge in [0, 0.05) is 12.8 Å². The van der Waals surface area contributed by atoms with Gasteiger partial charge in [0.25, 0.3) is 0 Å². The number of aliphatic carboxylic acids is 2. The average molecular weight is 963 g/mol. The molecular weight excluding hydrogens is 893 g/mol. The van der Waals surface area contributed by atoms with E-state index in [2.05, 4.69) is 42.5 Å². The lowest BCUT2D eigenvalue weighted by atomic mass is 9.97. The second kappa shape index (κ2) is 29.8. The van der Waals surface area contributed by atoms with Crippen LogP contribution in [0, 0.1) is 17.8 Å². The first-order valence-corrected chi connectivity index (χ1v) is 22.3. The van der Waals surface area contributed by atoms with Crippen molar-refractivity contribution < 1.29 is 68.1 Å². The number of rotatable bonds is 31. The Balaban J connectivity index is 3.24. The maximum atomic E-state index is 13.6. The van der Waals surface area contributed by atoms with Crippen LogP contribution in [0.3, 0.4) is 0 Å². The highest BCUT2D eigenvalue weighted by atomic mass is 16.4. The molecule has 9 atom stereocenters. The number of primary amides is 1. The number of aliphatic hydroxyl groups excluding tert-OH is 1. The predicted molar refractivity (Wildman–Crippen MR) is 244 cm³/mol. The highest BCUT2D eigenvalue weighted by molar-refractivity contribution is 5.98. The zero-order valence-electron chi connectivity index (χ0n) is 39.6. The van der Waals surface area contributed by atoms with Gasteiger partial charge in [0.05, 0.1) is 25.6 Å². The summed E-state index contributed by atoms with van der Waals surface area (Å²) in [6, 6.07) is -3.09. The fourth-order valence-electron chi connectivity index (χ4n) is 6.49. The lowest BCUT2D eigenvalue weighted by Gasteiger charge is -2.26. The Morgan fingerprint density at radius 1 is 0.603 bits per heavy atom. The van der Waals surface area contributed by atoms with Gasteiger partial charge in [-0.25, -0.2) is 4.79 Å². The molecule has 24 nitrogen and oxygen atoms in total. The predicted octanol–water partition coefficient (Wildman–Crippen LogP) is -2.96. The van der Waals surface area contributed by atoms with Crippen molar-refractivity contribution >= 4 is 65.1 Å². The summed E-state index contributed by atoms with van der Waals surface area (Å²) >= 11 is 0. The molecule has 0 aromatic heterocycles. The summed E-state index contributed by atoms with van der Waals surface area (Å²) in [4.78, 5) is 141. The van der Waals surface area contributed by atoms with Crippen LogP contribution in [-0.4, -0.2) is 142 Å². The van der Waals surface area contributed by atoms with Crippen molar-refractivity contribution in [3.8, 4) is 0 Å². The quantitative estimate of drug-likeness (QED) is 0.0354. The van der Waals surface area contributed by atoms with Crippen LogP contribution in [0.2, 0.25) is 0 Å². The zero-order valence-corrected chi connectivity index (χ0v) is 39.6. The second-order valence-corrected chi connectivity index (χ2v) is 17.4. The van der Waals surface area contributed by atoms with Gasteiger partial charge < -0.3 is 69.3 Å². The molecule has 1 aromatic rings. The molecule has 24 heteroatoms. The molecule has 0 saturated carbocycles. The molecule has 380 valence electrons. The van der Waals surface area contributed by atoms with E-state index in [1.54, 1.807) is 58.0 Å². The van der Waals surface area contributed by atoms with Gasteiger partial charge in [-0.1, -0.05) is 78.3 Å². The summed E-state index contributed by atoms with van der Waals surface area (Å²) in [5, 5.41) is 48.0. The van der Waals surface area contributed by atoms with E-state index in [1.807, 2.05) is 13.8 Å². The SMILES string of the molecule is CC[C@H](C)[C@H](NC(=O)[C@@H](N)CC(C)C)C(=O)NCC(=O)N[C@@H](CC(N)=O)C(=O)N[C@@H](CCC(=O)O)C(=O)N[C@@H](CO)C(=O)N[C@@H](Cc1ccccc1)C(=O)N[C@@H](C)C(=O)N[C@@H](CC(C)C)C(=O)O. The van der Waals surface area contributed by atoms with Crippen LogP contribution in [0.15, 0.2) is 30.3 Å². The van der Waals surface area contributed by atoms with Crippen molar-refractivity contribution in [2.24, 2.45) is 29.2 Å². The van der Waals surface area contributed by atoms with E-state index in [1.165, 1.54) is 6.92 Å². The third-order valence-corrected chi connectivity index (χ3v) is 10.4. The Morgan fingerprint density at radius 3 is 1.66 bits per heavy atom. The van der Waals surface area contributed by atoms with Crippen LogP contribution in [0.25, 0.3) is 0 Å². The molecule has 0 saturated heterocycles. The monoisotopic (exact) mass is 963 g/mol. The summed E-state index contributed by atoms with van der Waals surface area (Å²) < 4.78 is 0. The Morgan fingerprint density at radius 2 is 1.13 bits per heavy atom. The third-order valence-electron chi connectivity index (χ3n) is 10.4. The zero-order chi connectivity index (χ0) is 51.8. The highest BCUT2D eigenvalue weighted by Gasteiger charge is 2.34. The van der Waals surface area contributed by atoms with Crippen molar-refractivity contribution in [3.63, 3.8) is 0 Å². The van der Waals surface area contributed by atoms with Crippen molar-refractivity contribution in [2.75, 3.05) is 13.2 Å². The van der Waals surface area contributed by atoms with Crippen molar-refractivity contribution in [1.29, 1.82) is 0 Å². The molecule has 0 fully saturated rings. The van der Waals surface area contributed by atoms with Gasteiger partial charge in [-0.2, -0.15) is 0 Å². The maximum Gasteiger partial charge on any atom is 0.326 e. The minimum Gasteiger partial charge on any atom is -0.481 e. The van der Waals surface area contributed by atoms with E-state index in [0.29, 0.717) is 18.4 Å². The molecule has 1 rings (SSSR count). The normalized spacial score (nSPS) is 15.0. The number of carboxylic acid groups (broad SMARTS) is 2. The molecule has 0 bridgehead atoms. The van der Waals surface area contributed by atoms with Gasteiger partial charge in [0.2, 0.25) is 53.2 Å². The minimum absolute atomic E-state index is 0.0912. The first-order chi connectivity index (χ1) is 31.8. The first-order valence-electron chi connectivity index (χ1n) is 22.3. The lowest BCUT2D eigenvalue weighted by Crippen LogP contribution is -2.60. The van der Waals surface area contributed by atoms with Crippen LogP contribution in [-0.2, 0) is 59.2 Å². The average Bonchev–Trinajstić information content (AvgIpc) is 3.26. The van der Waals surface area contributed by atoms with Crippen LogP contribution in [0.4, 0.5) is 0 Å². The molecule has 0 aliphatic heterocycles. The molecular formula is C44H70N10O14. The van der Waals surface area contributed by atoms with Gasteiger partial charge in [0.1, 0.15) is 42.3 Å². The number of nitrogens with one attached hydrogen (secondary N) is 8. The summed E-state index contributed by atoms with van der Waals surface area (Å²) in [5.41, 5.74) is 11.8. The molecule has 0 heterocycles. The van der Waals surface area contributed by atoms with Crippen molar-refractivity contribution in [3.05, 3.63) is 35.9 Å². The molecule has 15 N–H and O–H groups in total. The molecule has 0 aliphatic carbocycles. The van der Waals surface area contributed by atoms with E-state index >= 15 is 0 Å². The molecule has 0 spiro atoms. The van der Waals surface area contributed by atoms with Crippen molar-refractivity contribution in [1.82, 2.24) is 42.5 Å². The number of hydrogen-bond acceptors (Lipinski definition) is 13. The van der Waals surface area contributed by atoms with Gasteiger partial charge in [0.15, 0.2) is 0 Å². The van der Waals surface area contributed by atoms with E-state index < -0.39 is 152 Å². The first kappa shape index (κ1) is 59.3. The number of amides is 9. The number of nitrogens with two attached hydrogens (primary N) is 2. The largest absolute Gasteiger partial charge is 0.481 e. The maximum absolute atomic E-state index is 13.6. The van der Waals surface area contributed by atoms with Crippen LogP contribution < -0.4 is 54.0 Å². The number of carboxylic acids is 2. The highest BCUT2D eigenvalue weighted by Crippen LogP contribution is 2.11. The number of hydrogen-bond donors (Lipinski definition) is 13. The standard InChI is InChI=1S/C44H70N10O14/c1-8-24(6)36(54-38(61)27(45)16-22(2)3)43(66)47-20-34(57)49-30(19-33(46)56)41(64)50-28(14-15-35(58)59)39(62)53-32(21-55)42(65)51-29(18-26-12-10-9-11-13-26)40(63)48-25(7)37(60)52-31(44(67)68)17-23(4)5/h9-13,22-25,27-32,36,55H,8,14-21,45H2,1-7H3,(H2,46,56)(H,47,66)(H,48,63)(H,49,57)(H,50,64)(H,51,65)(H,52,60)(H,53,62)(H,54,61)(H,58,59)(H,67,68)/t24-,25-,27-,28-,29-,30-,31-,32-,36-/m0/s1. The molecule has 68 heavy (non-hydrogen) atoms. The summed E-state index contributed by atoms with van der Waals surface area (Å²) in [6.07, 6.45) is -1.42. The Hall–Kier alpha value is -6.69. The minimum atomic E-state index is -1.83. The second-order valence-electron chi connectivity index (χ2n) is 17.4. The lowest BCUT2D eigenvalue weighted by molar-refractivity contribution is -0.142. The number of carbonyl (C=O) groups excluding carboxylic acids is 9. The molecule has 0 radical (unpaired) electrons. The topological polar surface area (TPSA) is 397 Å². The van der Waals surface area contributed by atoms with Crippen LogP contribution >= 0.6 is 0 Å². The van der Waals surface area contributed by atoms with E-state index in [4.69, 9.17) is 11.5 Å². The third kappa shape index (κ3) is 22.2. The van der Waals surface area contributed by atoms with Gasteiger partial charge >= 0.3 is 11.9 Å². The van der Waals surface area contributed by atoms with Gasteiger partial charge in [-0.15, -0.1) is 0 Å². The summed E-state index contributed by atoms with van der Waals surface area (Å²) in [6.45, 7) is 10.2. The van der Waals surface area contributed by atoms with Crippen molar-refractivity contribution in [2.45, 2.75) is 142 Å². The molecule has 9 amide bonds.